The van der Waals surface area contributed by atoms with Crippen LogP contribution < -0.4 is 0 Å². The van der Waals surface area contributed by atoms with Crippen LogP contribution in [0.2, 0.25) is 0 Å². The quantitative estimate of drug-likeness (QED) is 0.759. The summed E-state index contributed by atoms with van der Waals surface area (Å²) in [4.78, 5) is 23.2. The predicted octanol–water partition coefficient (Wildman–Crippen LogP) is 1.63. The van der Waals surface area contributed by atoms with Crippen LogP contribution in [0.25, 0.3) is 0 Å². The summed E-state index contributed by atoms with van der Waals surface area (Å²) in [5.74, 6) is -1.97. The average Bonchev–Trinajstić information content (AvgIpc) is 2.17. The molecule has 0 unspecified atom stereocenters. The number of likely N-dealkylation sites (N-methyl/N-ethyl adjacent to an activating group) is 1. The van der Waals surface area contributed by atoms with Crippen LogP contribution in [0.1, 0.15) is 13.8 Å². The van der Waals surface area contributed by atoms with Gasteiger partial charge in [-0.05, 0) is 13.8 Å². The van der Waals surface area contributed by atoms with Gasteiger partial charge in [-0.1, -0.05) is 23.2 Å². The third-order valence-electron chi connectivity index (χ3n) is 1.62. The molecule has 0 saturated carbocycles. The van der Waals surface area contributed by atoms with Crippen LogP contribution in [0.4, 0.5) is 0 Å². The molecule has 0 bridgehead atoms. The van der Waals surface area contributed by atoms with Crippen LogP contribution in [0, 0.1) is 0 Å². The summed E-state index contributed by atoms with van der Waals surface area (Å²) in [7, 11) is 0. The van der Waals surface area contributed by atoms with Crippen molar-refractivity contribution >= 4 is 35.1 Å². The molecule has 0 saturated heterocycles. The third-order valence-corrected chi connectivity index (χ3v) is 2.42. The second-order valence-corrected chi connectivity index (χ2v) is 3.17. The molecular weight excluding hydrogens is 229 g/mol. The molecule has 0 aliphatic carbocycles. The summed E-state index contributed by atoms with van der Waals surface area (Å²) < 4.78 is 0. The van der Waals surface area contributed by atoms with Crippen LogP contribution >= 0.6 is 23.2 Å². The second-order valence-electron chi connectivity index (χ2n) is 2.41. The highest BCUT2D eigenvalue weighted by Crippen LogP contribution is 2.16. The van der Waals surface area contributed by atoms with Crippen molar-refractivity contribution in [3.63, 3.8) is 0 Å². The van der Waals surface area contributed by atoms with E-state index in [0.29, 0.717) is 13.1 Å². The molecule has 0 spiro atoms. The molecule has 0 aliphatic rings. The van der Waals surface area contributed by atoms with Crippen LogP contribution in [0.15, 0.2) is 10.1 Å². The minimum Gasteiger partial charge on any atom is -0.477 e. The SMILES string of the molecule is CCN(CC)C(=O)C(Cl)=C(Cl)C(=O)O. The van der Waals surface area contributed by atoms with Crippen molar-refractivity contribution in [3.8, 4) is 0 Å². The molecule has 80 valence electrons. The summed E-state index contributed by atoms with van der Waals surface area (Å²) in [6.07, 6.45) is 0. The van der Waals surface area contributed by atoms with Gasteiger partial charge in [-0.15, -0.1) is 0 Å². The van der Waals surface area contributed by atoms with Gasteiger partial charge in [-0.3, -0.25) is 4.79 Å². The Bertz CT molecular complexity index is 272. The highest BCUT2D eigenvalue weighted by atomic mass is 35.5. The summed E-state index contributed by atoms with van der Waals surface area (Å²) in [6, 6.07) is 0. The minimum atomic E-state index is -1.41. The average molecular weight is 240 g/mol. The molecule has 0 atom stereocenters. The number of carbonyl (C=O) groups excluding carboxylic acids is 1. The van der Waals surface area contributed by atoms with Gasteiger partial charge in [-0.2, -0.15) is 0 Å². The molecule has 0 heterocycles. The Morgan fingerprint density at radius 1 is 1.14 bits per heavy atom. The van der Waals surface area contributed by atoms with Crippen LogP contribution in [-0.4, -0.2) is 35.0 Å². The van der Waals surface area contributed by atoms with Crippen molar-refractivity contribution in [1.82, 2.24) is 4.90 Å². The maximum absolute atomic E-state index is 11.4. The zero-order valence-electron chi connectivity index (χ0n) is 7.88. The molecule has 4 nitrogen and oxygen atoms in total. The lowest BCUT2D eigenvalue weighted by atomic mass is 10.4. The Hall–Kier alpha value is -0.740. The summed E-state index contributed by atoms with van der Waals surface area (Å²) >= 11 is 10.8. The van der Waals surface area contributed by atoms with Gasteiger partial charge in [0.2, 0.25) is 0 Å². The van der Waals surface area contributed by atoms with E-state index in [0.717, 1.165) is 0 Å². The summed E-state index contributed by atoms with van der Waals surface area (Å²) in [5.41, 5.74) is 0. The predicted molar refractivity (Wildman–Crippen MR) is 54.3 cm³/mol. The van der Waals surface area contributed by atoms with E-state index in [2.05, 4.69) is 0 Å². The van der Waals surface area contributed by atoms with Crippen molar-refractivity contribution in [2.45, 2.75) is 13.8 Å². The molecule has 0 fully saturated rings. The number of nitrogens with zero attached hydrogens (tertiary/aromatic N) is 1. The number of halogens is 2. The molecule has 0 radical (unpaired) electrons. The number of rotatable bonds is 4. The van der Waals surface area contributed by atoms with Gasteiger partial charge in [0.15, 0.2) is 0 Å². The fourth-order valence-corrected chi connectivity index (χ4v) is 1.12. The first-order chi connectivity index (χ1) is 6.45. The number of aliphatic carboxylic acids is 1. The van der Waals surface area contributed by atoms with Gasteiger partial charge < -0.3 is 10.0 Å². The first-order valence-electron chi connectivity index (χ1n) is 4.03. The van der Waals surface area contributed by atoms with E-state index < -0.39 is 21.9 Å². The highest BCUT2D eigenvalue weighted by molar-refractivity contribution is 6.53. The van der Waals surface area contributed by atoms with Gasteiger partial charge in [0.25, 0.3) is 5.91 Å². The van der Waals surface area contributed by atoms with E-state index in [1.807, 2.05) is 0 Å². The van der Waals surface area contributed by atoms with E-state index in [1.165, 1.54) is 4.90 Å². The standard InChI is InChI=1S/C8H11Cl2NO3/c1-3-11(4-2)7(12)5(9)6(10)8(13)14/h3-4H2,1-2H3,(H,13,14). The number of carbonyl (C=O) groups is 2. The Kier molecular flexibility index (Phi) is 5.57. The minimum absolute atomic E-state index is 0.454. The van der Waals surface area contributed by atoms with E-state index in [-0.39, 0.29) is 0 Å². The van der Waals surface area contributed by atoms with Crippen molar-refractivity contribution in [1.29, 1.82) is 0 Å². The number of amides is 1. The van der Waals surface area contributed by atoms with Crippen LogP contribution in [0.5, 0.6) is 0 Å². The first kappa shape index (κ1) is 13.3. The van der Waals surface area contributed by atoms with Crippen molar-refractivity contribution in [2.75, 3.05) is 13.1 Å². The molecule has 1 N–H and O–H groups in total. The Morgan fingerprint density at radius 3 is 1.86 bits per heavy atom. The van der Waals surface area contributed by atoms with E-state index in [1.54, 1.807) is 13.8 Å². The molecule has 0 rings (SSSR count). The van der Waals surface area contributed by atoms with Gasteiger partial charge in [0, 0.05) is 13.1 Å². The normalized spacial score (nSPS) is 12.0. The highest BCUT2D eigenvalue weighted by Gasteiger charge is 2.20. The Labute approximate surface area is 92.1 Å². The fraction of sp³-hybridized carbons (Fsp3) is 0.500. The van der Waals surface area contributed by atoms with E-state index in [4.69, 9.17) is 28.3 Å². The van der Waals surface area contributed by atoms with E-state index >= 15 is 0 Å². The molecule has 6 heteroatoms. The monoisotopic (exact) mass is 239 g/mol. The third kappa shape index (κ3) is 3.20. The maximum atomic E-state index is 11.4. The molecule has 0 aromatic rings. The first-order valence-corrected chi connectivity index (χ1v) is 4.79. The summed E-state index contributed by atoms with van der Waals surface area (Å²) in [5, 5.41) is 7.38. The molecule has 0 aromatic carbocycles. The van der Waals surface area contributed by atoms with Crippen molar-refractivity contribution in [3.05, 3.63) is 10.1 Å². The summed E-state index contributed by atoms with van der Waals surface area (Å²) in [6.45, 7) is 4.44. The Morgan fingerprint density at radius 2 is 1.57 bits per heavy atom. The molecule has 0 aliphatic heterocycles. The largest absolute Gasteiger partial charge is 0.477 e. The smallest absolute Gasteiger partial charge is 0.349 e. The molecule has 0 aromatic heterocycles. The second kappa shape index (κ2) is 5.88. The fourth-order valence-electron chi connectivity index (χ4n) is 0.837. The lowest BCUT2D eigenvalue weighted by molar-refractivity contribution is -0.133. The lowest BCUT2D eigenvalue weighted by Crippen LogP contribution is -2.31. The van der Waals surface area contributed by atoms with Gasteiger partial charge in [0.1, 0.15) is 10.1 Å². The Balaban J connectivity index is 4.85. The van der Waals surface area contributed by atoms with Crippen molar-refractivity contribution < 1.29 is 14.7 Å². The van der Waals surface area contributed by atoms with Crippen molar-refractivity contribution in [2.24, 2.45) is 0 Å². The van der Waals surface area contributed by atoms with Gasteiger partial charge in [-0.25, -0.2) is 4.79 Å². The van der Waals surface area contributed by atoms with Crippen LogP contribution in [0.3, 0.4) is 0 Å². The molecule has 14 heavy (non-hydrogen) atoms. The van der Waals surface area contributed by atoms with E-state index in [9.17, 15) is 9.59 Å². The van der Waals surface area contributed by atoms with Gasteiger partial charge >= 0.3 is 5.97 Å². The lowest BCUT2D eigenvalue weighted by Gasteiger charge is -2.17. The zero-order valence-corrected chi connectivity index (χ0v) is 9.39. The topological polar surface area (TPSA) is 57.6 Å². The number of carboxylic acids is 1. The molecular formula is C8H11Cl2NO3. The maximum Gasteiger partial charge on any atom is 0.349 e. The van der Waals surface area contributed by atoms with Gasteiger partial charge in [0.05, 0.1) is 0 Å². The number of hydrogen-bond acceptors (Lipinski definition) is 2. The molecule has 1 amide bonds. The number of hydrogen-bond donors (Lipinski definition) is 1. The number of carboxylic acid groups (broad SMARTS) is 1. The zero-order chi connectivity index (χ0) is 11.3. The van der Waals surface area contributed by atoms with Crippen LogP contribution in [-0.2, 0) is 9.59 Å².